The van der Waals surface area contributed by atoms with Gasteiger partial charge in [0.05, 0.1) is 0 Å². The fraction of sp³-hybridized carbons (Fsp3) is 0.556. The van der Waals surface area contributed by atoms with Crippen LogP contribution in [0.2, 0.25) is 0 Å². The van der Waals surface area contributed by atoms with Crippen molar-refractivity contribution in [3.05, 3.63) is 21.9 Å². The summed E-state index contributed by atoms with van der Waals surface area (Å²) >= 11 is 0.822. The van der Waals surface area contributed by atoms with E-state index >= 15 is 0 Å². The van der Waals surface area contributed by atoms with Crippen LogP contribution in [0.3, 0.4) is 0 Å². The zero-order chi connectivity index (χ0) is 10.3. The fourth-order valence-corrected chi connectivity index (χ4v) is 1.82. The van der Waals surface area contributed by atoms with Crippen LogP contribution in [-0.4, -0.2) is 0 Å². The molecule has 13 heavy (non-hydrogen) atoms. The third kappa shape index (κ3) is 2.46. The highest BCUT2D eigenvalue weighted by molar-refractivity contribution is 7.12. The van der Waals surface area contributed by atoms with E-state index < -0.39 is 11.1 Å². The zero-order valence-corrected chi connectivity index (χ0v) is 8.51. The molecule has 74 valence electrons. The summed E-state index contributed by atoms with van der Waals surface area (Å²) < 4.78 is 36.6. The molecular formula is C9H11F3S. The summed E-state index contributed by atoms with van der Waals surface area (Å²) in [7, 11) is 0. The van der Waals surface area contributed by atoms with E-state index in [9.17, 15) is 13.2 Å². The highest BCUT2D eigenvalue weighted by Gasteiger charge is 2.33. The maximum absolute atomic E-state index is 12.2. The van der Waals surface area contributed by atoms with E-state index in [1.54, 1.807) is 6.07 Å². The molecule has 0 nitrogen and oxygen atoms in total. The number of rotatable bonds is 0. The Morgan fingerprint density at radius 1 is 1.00 bits per heavy atom. The maximum Gasteiger partial charge on any atom is 0.425 e. The molecule has 1 aromatic rings. The average Bonchev–Trinajstić information content (AvgIpc) is 2.28. The van der Waals surface area contributed by atoms with Gasteiger partial charge in [0.15, 0.2) is 0 Å². The van der Waals surface area contributed by atoms with Crippen LogP contribution in [-0.2, 0) is 11.6 Å². The molecule has 0 aliphatic rings. The summed E-state index contributed by atoms with van der Waals surface area (Å²) in [6, 6.07) is 2.69. The van der Waals surface area contributed by atoms with Gasteiger partial charge < -0.3 is 0 Å². The second-order valence-electron chi connectivity index (χ2n) is 3.91. The van der Waals surface area contributed by atoms with Crippen LogP contribution in [0.1, 0.15) is 30.5 Å². The van der Waals surface area contributed by atoms with Gasteiger partial charge in [0.1, 0.15) is 4.88 Å². The maximum atomic E-state index is 12.2. The molecule has 0 aromatic carbocycles. The Balaban J connectivity index is 3.01. The van der Waals surface area contributed by atoms with Gasteiger partial charge in [0, 0.05) is 4.88 Å². The van der Waals surface area contributed by atoms with Crippen LogP contribution < -0.4 is 0 Å². The molecule has 0 amide bonds. The number of halogens is 3. The first-order chi connectivity index (χ1) is 5.71. The highest BCUT2D eigenvalue weighted by Crippen LogP contribution is 2.38. The molecule has 0 aliphatic heterocycles. The van der Waals surface area contributed by atoms with Gasteiger partial charge in [-0.05, 0) is 17.5 Å². The molecule has 1 aromatic heterocycles. The predicted octanol–water partition coefficient (Wildman–Crippen LogP) is 4.06. The van der Waals surface area contributed by atoms with Crippen molar-refractivity contribution in [2.75, 3.05) is 0 Å². The van der Waals surface area contributed by atoms with Crippen LogP contribution in [0.4, 0.5) is 13.2 Å². The van der Waals surface area contributed by atoms with Gasteiger partial charge in [-0.3, -0.25) is 0 Å². The van der Waals surface area contributed by atoms with Gasteiger partial charge in [-0.25, -0.2) is 0 Å². The Morgan fingerprint density at radius 2 is 1.46 bits per heavy atom. The second kappa shape index (κ2) is 3.01. The minimum atomic E-state index is -4.20. The van der Waals surface area contributed by atoms with Crippen LogP contribution in [0.5, 0.6) is 0 Å². The number of hydrogen-bond donors (Lipinski definition) is 0. The molecule has 1 heterocycles. The summed E-state index contributed by atoms with van der Waals surface area (Å²) in [5, 5.41) is 0. The summed E-state index contributed by atoms with van der Waals surface area (Å²) in [4.78, 5) is 0.247. The van der Waals surface area contributed by atoms with Gasteiger partial charge in [0.25, 0.3) is 0 Å². The van der Waals surface area contributed by atoms with Crippen molar-refractivity contribution in [1.29, 1.82) is 0 Å². The lowest BCUT2D eigenvalue weighted by atomic mass is 9.95. The zero-order valence-electron chi connectivity index (χ0n) is 7.70. The topological polar surface area (TPSA) is 0 Å². The lowest BCUT2D eigenvalue weighted by molar-refractivity contribution is -0.134. The van der Waals surface area contributed by atoms with Crippen LogP contribution >= 0.6 is 11.3 Å². The van der Waals surface area contributed by atoms with E-state index in [2.05, 4.69) is 0 Å². The quantitative estimate of drug-likeness (QED) is 0.603. The van der Waals surface area contributed by atoms with E-state index in [0.717, 1.165) is 22.3 Å². The van der Waals surface area contributed by atoms with Gasteiger partial charge in [0.2, 0.25) is 0 Å². The van der Waals surface area contributed by atoms with Crippen molar-refractivity contribution in [3.8, 4) is 0 Å². The van der Waals surface area contributed by atoms with E-state index in [1.165, 1.54) is 0 Å². The number of thiophene rings is 1. The smallest absolute Gasteiger partial charge is 0.165 e. The minimum Gasteiger partial charge on any atom is -0.165 e. The molecule has 0 saturated carbocycles. The summed E-state index contributed by atoms with van der Waals surface area (Å²) in [5.41, 5.74) is -0.200. The van der Waals surface area contributed by atoms with Crippen LogP contribution in [0.15, 0.2) is 12.1 Å². The van der Waals surface area contributed by atoms with Crippen molar-refractivity contribution in [1.82, 2.24) is 0 Å². The molecule has 0 aliphatic carbocycles. The van der Waals surface area contributed by atoms with E-state index in [4.69, 9.17) is 0 Å². The molecule has 0 radical (unpaired) electrons. The Kier molecular flexibility index (Phi) is 2.45. The normalized spacial score (nSPS) is 13.4. The van der Waals surface area contributed by atoms with Gasteiger partial charge in [-0.15, -0.1) is 11.3 Å². The van der Waals surface area contributed by atoms with Gasteiger partial charge in [-0.2, -0.15) is 13.2 Å². The SMILES string of the molecule is CC(C)(C)c1ccc(C(F)(F)F)s1. The van der Waals surface area contributed by atoms with Crippen molar-refractivity contribution >= 4 is 11.3 Å². The fourth-order valence-electron chi connectivity index (χ4n) is 0.893. The molecule has 1 rings (SSSR count). The van der Waals surface area contributed by atoms with Crippen LogP contribution in [0.25, 0.3) is 0 Å². The van der Waals surface area contributed by atoms with Crippen molar-refractivity contribution in [2.45, 2.75) is 32.4 Å². The number of alkyl halides is 3. The van der Waals surface area contributed by atoms with E-state index in [1.807, 2.05) is 20.8 Å². The summed E-state index contributed by atoms with van der Waals surface area (Å²) in [6.45, 7) is 5.71. The molecule has 0 unspecified atom stereocenters. The molecule has 0 saturated heterocycles. The predicted molar refractivity (Wildman–Crippen MR) is 48.0 cm³/mol. The lowest BCUT2D eigenvalue weighted by Gasteiger charge is -2.15. The monoisotopic (exact) mass is 208 g/mol. The summed E-state index contributed by atoms with van der Waals surface area (Å²) in [6.07, 6.45) is -4.20. The molecule has 0 fully saturated rings. The largest absolute Gasteiger partial charge is 0.425 e. The van der Waals surface area contributed by atoms with Crippen molar-refractivity contribution < 1.29 is 13.2 Å². The van der Waals surface area contributed by atoms with Crippen molar-refractivity contribution in [3.63, 3.8) is 0 Å². The van der Waals surface area contributed by atoms with Gasteiger partial charge in [-0.1, -0.05) is 20.8 Å². The van der Waals surface area contributed by atoms with E-state index in [0.29, 0.717) is 0 Å². The standard InChI is InChI=1S/C9H11F3S/c1-8(2,3)6-4-5-7(13-6)9(10,11)12/h4-5H,1-3H3. The second-order valence-corrected chi connectivity index (χ2v) is 5.00. The third-order valence-corrected chi connectivity index (χ3v) is 3.18. The number of hydrogen-bond acceptors (Lipinski definition) is 1. The Hall–Kier alpha value is -0.510. The first kappa shape index (κ1) is 10.6. The van der Waals surface area contributed by atoms with Crippen LogP contribution in [0, 0.1) is 0 Å². The highest BCUT2D eigenvalue weighted by atomic mass is 32.1. The molecular weight excluding hydrogens is 197 g/mol. The Morgan fingerprint density at radius 3 is 1.69 bits per heavy atom. The first-order valence-corrected chi connectivity index (χ1v) is 4.70. The molecule has 0 spiro atoms. The Labute approximate surface area is 79.4 Å². The van der Waals surface area contributed by atoms with Gasteiger partial charge >= 0.3 is 6.18 Å². The van der Waals surface area contributed by atoms with E-state index in [-0.39, 0.29) is 5.41 Å². The minimum absolute atomic E-state index is 0.200. The average molecular weight is 208 g/mol. The third-order valence-electron chi connectivity index (χ3n) is 1.62. The molecule has 0 bridgehead atoms. The Bertz CT molecular complexity index is 262. The summed E-state index contributed by atoms with van der Waals surface area (Å²) in [5.74, 6) is 0. The molecule has 4 heteroatoms. The lowest BCUT2D eigenvalue weighted by Crippen LogP contribution is -2.08. The molecule has 0 atom stereocenters. The molecule has 0 N–H and O–H groups in total. The van der Waals surface area contributed by atoms with Crippen molar-refractivity contribution in [2.24, 2.45) is 0 Å². The first-order valence-electron chi connectivity index (χ1n) is 3.89.